The van der Waals surface area contributed by atoms with Gasteiger partial charge in [-0.2, -0.15) is 0 Å². The molecule has 0 aliphatic heterocycles. The van der Waals surface area contributed by atoms with Gasteiger partial charge in [0.2, 0.25) is 0 Å². The van der Waals surface area contributed by atoms with E-state index in [0.717, 1.165) is 0 Å². The zero-order chi connectivity index (χ0) is 13.8. The Morgan fingerprint density at radius 1 is 1.44 bits per heavy atom. The molecule has 0 saturated carbocycles. The topological polar surface area (TPSA) is 41.5 Å². The van der Waals surface area contributed by atoms with Gasteiger partial charge < -0.3 is 15.2 Å². The van der Waals surface area contributed by atoms with Crippen LogP contribution in [-0.4, -0.2) is 29.9 Å². The lowest BCUT2D eigenvalue weighted by Crippen LogP contribution is -2.42. The van der Waals surface area contributed by atoms with Crippen molar-refractivity contribution in [2.75, 3.05) is 13.2 Å². The second-order valence-corrected chi connectivity index (χ2v) is 5.58. The summed E-state index contributed by atoms with van der Waals surface area (Å²) in [7, 11) is 0. The van der Waals surface area contributed by atoms with Gasteiger partial charge in [0.25, 0.3) is 0 Å². The molecule has 1 atom stereocenters. The smallest absolute Gasteiger partial charge is 0.138 e. The summed E-state index contributed by atoms with van der Waals surface area (Å²) in [4.78, 5) is 0. The Morgan fingerprint density at radius 3 is 2.67 bits per heavy atom. The molecule has 1 aromatic rings. The number of aliphatic hydroxyl groups is 1. The van der Waals surface area contributed by atoms with E-state index in [1.54, 1.807) is 0 Å². The number of β-amino-alcohol motifs (C(OH)–C–C–N with tert-alkyl or cyclic N) is 1. The van der Waals surface area contributed by atoms with E-state index in [4.69, 9.17) is 16.3 Å². The number of ether oxygens (including phenoxy) is 1. The van der Waals surface area contributed by atoms with Gasteiger partial charge in [-0.05, 0) is 39.0 Å². The molecule has 0 aliphatic carbocycles. The van der Waals surface area contributed by atoms with E-state index in [1.807, 2.05) is 20.8 Å². The van der Waals surface area contributed by atoms with Crippen LogP contribution in [0.1, 0.15) is 20.8 Å². The molecule has 0 aromatic heterocycles. The van der Waals surface area contributed by atoms with Crippen LogP contribution in [0.2, 0.25) is 5.02 Å². The van der Waals surface area contributed by atoms with Gasteiger partial charge in [0.15, 0.2) is 0 Å². The molecule has 1 aromatic carbocycles. The van der Waals surface area contributed by atoms with Crippen molar-refractivity contribution in [2.24, 2.45) is 0 Å². The Kier molecular flexibility index (Phi) is 5.38. The third-order valence-electron chi connectivity index (χ3n) is 2.19. The fourth-order valence-corrected chi connectivity index (χ4v) is 1.48. The number of halogens is 2. The maximum atomic E-state index is 12.8. The number of aliphatic hydroxyl groups excluding tert-OH is 1. The minimum atomic E-state index is -0.648. The molecule has 0 heterocycles. The van der Waals surface area contributed by atoms with Crippen molar-refractivity contribution in [1.29, 1.82) is 0 Å². The fourth-order valence-electron chi connectivity index (χ4n) is 1.26. The Bertz CT molecular complexity index is 393. The van der Waals surface area contributed by atoms with Crippen LogP contribution in [0.4, 0.5) is 4.39 Å². The van der Waals surface area contributed by atoms with E-state index in [9.17, 15) is 9.50 Å². The summed E-state index contributed by atoms with van der Waals surface area (Å²) in [5.74, 6) is -0.0461. The molecule has 18 heavy (non-hydrogen) atoms. The predicted molar refractivity (Wildman–Crippen MR) is 70.7 cm³/mol. The summed E-state index contributed by atoms with van der Waals surface area (Å²) in [6.07, 6.45) is -0.648. The summed E-state index contributed by atoms with van der Waals surface area (Å²) in [6, 6.07) is 3.89. The van der Waals surface area contributed by atoms with Gasteiger partial charge in [-0.1, -0.05) is 11.6 Å². The van der Waals surface area contributed by atoms with Gasteiger partial charge in [-0.15, -0.1) is 0 Å². The Labute approximate surface area is 112 Å². The van der Waals surface area contributed by atoms with Crippen LogP contribution in [0, 0.1) is 5.82 Å². The van der Waals surface area contributed by atoms with E-state index in [2.05, 4.69) is 5.32 Å². The molecule has 0 radical (unpaired) electrons. The minimum absolute atomic E-state index is 0.0610. The molecule has 3 nitrogen and oxygen atoms in total. The molecule has 5 heteroatoms. The van der Waals surface area contributed by atoms with Crippen LogP contribution in [0.15, 0.2) is 18.2 Å². The van der Waals surface area contributed by atoms with E-state index in [1.165, 1.54) is 18.2 Å². The largest absolute Gasteiger partial charge is 0.489 e. The number of hydrogen-bond donors (Lipinski definition) is 2. The van der Waals surface area contributed by atoms with Crippen molar-refractivity contribution in [3.8, 4) is 5.75 Å². The van der Waals surface area contributed by atoms with Gasteiger partial charge in [-0.3, -0.25) is 0 Å². The van der Waals surface area contributed by atoms with Gasteiger partial charge >= 0.3 is 0 Å². The van der Waals surface area contributed by atoms with Crippen molar-refractivity contribution in [1.82, 2.24) is 5.32 Å². The van der Waals surface area contributed by atoms with Crippen molar-refractivity contribution in [2.45, 2.75) is 32.4 Å². The zero-order valence-electron chi connectivity index (χ0n) is 10.8. The van der Waals surface area contributed by atoms with Gasteiger partial charge in [0, 0.05) is 12.1 Å². The second kappa shape index (κ2) is 6.36. The third-order valence-corrected chi connectivity index (χ3v) is 2.49. The highest BCUT2D eigenvalue weighted by molar-refractivity contribution is 6.32. The monoisotopic (exact) mass is 275 g/mol. The van der Waals surface area contributed by atoms with E-state index in [0.29, 0.717) is 12.3 Å². The lowest BCUT2D eigenvalue weighted by molar-refractivity contribution is 0.100. The van der Waals surface area contributed by atoms with E-state index in [-0.39, 0.29) is 17.2 Å². The average molecular weight is 276 g/mol. The van der Waals surface area contributed by atoms with Crippen molar-refractivity contribution >= 4 is 11.6 Å². The van der Waals surface area contributed by atoms with E-state index >= 15 is 0 Å². The predicted octanol–water partition coefficient (Wildman–Crippen LogP) is 2.61. The highest BCUT2D eigenvalue weighted by atomic mass is 35.5. The third kappa shape index (κ3) is 5.67. The zero-order valence-corrected chi connectivity index (χ0v) is 11.6. The van der Waals surface area contributed by atoms with Crippen LogP contribution in [0.5, 0.6) is 5.75 Å². The van der Waals surface area contributed by atoms with Crippen LogP contribution in [0.3, 0.4) is 0 Å². The number of nitrogens with one attached hydrogen (secondary N) is 1. The average Bonchev–Trinajstić information content (AvgIpc) is 2.24. The summed E-state index contributed by atoms with van der Waals surface area (Å²) in [5, 5.41) is 13.1. The van der Waals surface area contributed by atoms with Gasteiger partial charge in [0.05, 0.1) is 5.02 Å². The molecular formula is C13H19ClFNO2. The van der Waals surface area contributed by atoms with E-state index < -0.39 is 11.9 Å². The second-order valence-electron chi connectivity index (χ2n) is 5.17. The molecule has 2 N–H and O–H groups in total. The molecule has 1 rings (SSSR count). The number of hydrogen-bond acceptors (Lipinski definition) is 3. The molecule has 1 unspecified atom stereocenters. The summed E-state index contributed by atoms with van der Waals surface area (Å²) < 4.78 is 18.1. The molecule has 0 saturated heterocycles. The Hall–Kier alpha value is -0.840. The first-order chi connectivity index (χ1) is 8.28. The van der Waals surface area contributed by atoms with Gasteiger partial charge in [-0.25, -0.2) is 4.39 Å². The standard InChI is InChI=1S/C13H19ClFNO2/c1-13(2,3)16-7-10(17)8-18-12-5-4-9(15)6-11(12)14/h4-6,10,16-17H,7-8H2,1-3H3. The lowest BCUT2D eigenvalue weighted by atomic mass is 10.1. The van der Waals surface area contributed by atoms with Crippen LogP contribution in [0.25, 0.3) is 0 Å². The molecule has 102 valence electrons. The van der Waals surface area contributed by atoms with Crippen molar-refractivity contribution in [3.63, 3.8) is 0 Å². The molecule has 0 bridgehead atoms. The number of rotatable bonds is 5. The fraction of sp³-hybridized carbons (Fsp3) is 0.538. The normalized spacial score (nSPS) is 13.4. The first-order valence-electron chi connectivity index (χ1n) is 5.79. The van der Waals surface area contributed by atoms with Crippen molar-refractivity contribution in [3.05, 3.63) is 29.0 Å². The van der Waals surface area contributed by atoms with Crippen LogP contribution in [-0.2, 0) is 0 Å². The highest BCUT2D eigenvalue weighted by Gasteiger charge is 2.13. The summed E-state index contributed by atoms with van der Waals surface area (Å²) in [6.45, 7) is 6.56. The van der Waals surface area contributed by atoms with Crippen LogP contribution < -0.4 is 10.1 Å². The SMILES string of the molecule is CC(C)(C)NCC(O)COc1ccc(F)cc1Cl. The lowest BCUT2D eigenvalue weighted by Gasteiger charge is -2.23. The van der Waals surface area contributed by atoms with Gasteiger partial charge in [0.1, 0.15) is 24.3 Å². The Morgan fingerprint density at radius 2 is 2.11 bits per heavy atom. The maximum Gasteiger partial charge on any atom is 0.138 e. The Balaban J connectivity index is 2.40. The molecule has 0 fully saturated rings. The first kappa shape index (κ1) is 15.2. The molecule has 0 aliphatic rings. The molecule has 0 amide bonds. The maximum absolute atomic E-state index is 12.8. The summed E-state index contributed by atoms with van der Waals surface area (Å²) >= 11 is 5.80. The molecule has 0 spiro atoms. The number of benzene rings is 1. The quantitative estimate of drug-likeness (QED) is 0.868. The minimum Gasteiger partial charge on any atom is -0.489 e. The van der Waals surface area contributed by atoms with Crippen molar-refractivity contribution < 1.29 is 14.2 Å². The molecular weight excluding hydrogens is 257 g/mol. The first-order valence-corrected chi connectivity index (χ1v) is 6.17. The van der Waals surface area contributed by atoms with Crippen LogP contribution >= 0.6 is 11.6 Å². The highest BCUT2D eigenvalue weighted by Crippen LogP contribution is 2.24. The summed E-state index contributed by atoms with van der Waals surface area (Å²) in [5.41, 5.74) is -0.0610.